The highest BCUT2D eigenvalue weighted by Gasteiger charge is 2.43. The van der Waals surface area contributed by atoms with Gasteiger partial charge in [0.1, 0.15) is 6.04 Å². The Morgan fingerprint density at radius 1 is 1.21 bits per heavy atom. The Morgan fingerprint density at radius 2 is 1.97 bits per heavy atom. The molecule has 0 saturated carbocycles. The minimum absolute atomic E-state index is 0.0547. The van der Waals surface area contributed by atoms with E-state index in [4.69, 9.17) is 0 Å². The number of ketones is 1. The lowest BCUT2D eigenvalue weighted by molar-refractivity contribution is -0.120. The zero-order valence-corrected chi connectivity index (χ0v) is 18.3. The number of carbonyl (C=O) groups excluding carboxylic acids is 2. The van der Waals surface area contributed by atoms with Gasteiger partial charge in [-0.25, -0.2) is 0 Å². The van der Waals surface area contributed by atoms with Crippen LogP contribution in [0.15, 0.2) is 53.0 Å². The summed E-state index contributed by atoms with van der Waals surface area (Å²) in [5.41, 5.74) is 3.34. The highest BCUT2D eigenvalue weighted by atomic mass is 32.1. The van der Waals surface area contributed by atoms with E-state index in [2.05, 4.69) is 33.0 Å². The van der Waals surface area contributed by atoms with E-state index in [1.54, 1.807) is 11.3 Å². The van der Waals surface area contributed by atoms with E-state index in [0.29, 0.717) is 12.8 Å². The number of amides is 1. The summed E-state index contributed by atoms with van der Waals surface area (Å²) >= 11 is 1.60. The molecule has 0 unspecified atom stereocenters. The first-order chi connectivity index (χ1) is 13.8. The van der Waals surface area contributed by atoms with Crippen LogP contribution >= 0.6 is 11.3 Å². The molecule has 1 aromatic heterocycles. The van der Waals surface area contributed by atoms with Gasteiger partial charge in [-0.1, -0.05) is 45.9 Å². The number of thiophene rings is 1. The lowest BCUT2D eigenvalue weighted by Crippen LogP contribution is -2.39. The van der Waals surface area contributed by atoms with Gasteiger partial charge in [-0.2, -0.15) is 0 Å². The van der Waals surface area contributed by atoms with Crippen LogP contribution in [-0.2, 0) is 9.59 Å². The molecule has 0 bridgehead atoms. The third-order valence-electron chi connectivity index (χ3n) is 5.56. The predicted octanol–water partition coefficient (Wildman–Crippen LogP) is 5.94. The highest BCUT2D eigenvalue weighted by molar-refractivity contribution is 7.10. The van der Waals surface area contributed by atoms with Gasteiger partial charge in [0.15, 0.2) is 5.78 Å². The standard InChI is InChI=1S/C24H28N2O2S/c1-15(2)12-21(28)26-18-9-6-5-8-16(18)25-17-13-24(3,4)14-19(27)22(17)23(26)20-10-7-11-29-20/h5-11,15,23,25H,12-14H2,1-4H3/t23-/m1/s1. The summed E-state index contributed by atoms with van der Waals surface area (Å²) in [7, 11) is 0. The Balaban J connectivity index is 1.96. The van der Waals surface area contributed by atoms with E-state index in [-0.39, 0.29) is 29.1 Å². The van der Waals surface area contributed by atoms with Gasteiger partial charge in [0, 0.05) is 29.0 Å². The summed E-state index contributed by atoms with van der Waals surface area (Å²) in [6.07, 6.45) is 1.73. The summed E-state index contributed by atoms with van der Waals surface area (Å²) in [6, 6.07) is 11.6. The maximum atomic E-state index is 13.5. The van der Waals surface area contributed by atoms with Crippen molar-refractivity contribution in [1.29, 1.82) is 0 Å². The van der Waals surface area contributed by atoms with E-state index >= 15 is 0 Å². The van der Waals surface area contributed by atoms with Crippen molar-refractivity contribution < 1.29 is 9.59 Å². The van der Waals surface area contributed by atoms with Crippen molar-refractivity contribution in [2.75, 3.05) is 10.2 Å². The maximum absolute atomic E-state index is 13.5. The summed E-state index contributed by atoms with van der Waals surface area (Å²) in [5, 5.41) is 5.56. The Bertz CT molecular complexity index is 973. The zero-order valence-electron chi connectivity index (χ0n) is 17.5. The third-order valence-corrected chi connectivity index (χ3v) is 6.49. The smallest absolute Gasteiger partial charge is 0.228 e. The molecular formula is C24H28N2O2S. The number of nitrogens with zero attached hydrogens (tertiary/aromatic N) is 1. The van der Waals surface area contributed by atoms with E-state index in [0.717, 1.165) is 33.9 Å². The molecule has 5 heteroatoms. The first-order valence-electron chi connectivity index (χ1n) is 10.2. The Kier molecular flexibility index (Phi) is 5.11. The molecule has 4 rings (SSSR count). The quantitative estimate of drug-likeness (QED) is 0.684. The van der Waals surface area contributed by atoms with Gasteiger partial charge in [0.25, 0.3) is 0 Å². The van der Waals surface area contributed by atoms with Crippen molar-refractivity contribution in [2.45, 2.75) is 53.0 Å². The number of benzene rings is 1. The number of hydrogen-bond donors (Lipinski definition) is 1. The number of rotatable bonds is 3. The van der Waals surface area contributed by atoms with E-state index in [1.807, 2.05) is 46.7 Å². The molecule has 1 atom stereocenters. The molecule has 0 radical (unpaired) electrons. The van der Waals surface area contributed by atoms with Crippen LogP contribution in [0.4, 0.5) is 11.4 Å². The van der Waals surface area contributed by atoms with Crippen molar-refractivity contribution in [2.24, 2.45) is 11.3 Å². The Hall–Kier alpha value is -2.40. The number of anilines is 2. The minimum atomic E-state index is -0.379. The molecule has 0 spiro atoms. The van der Waals surface area contributed by atoms with Gasteiger partial charge >= 0.3 is 0 Å². The van der Waals surface area contributed by atoms with Crippen LogP contribution < -0.4 is 10.2 Å². The lowest BCUT2D eigenvalue weighted by atomic mass is 9.74. The molecule has 2 heterocycles. The molecule has 0 fully saturated rings. The molecule has 1 aromatic carbocycles. The molecular weight excluding hydrogens is 380 g/mol. The van der Waals surface area contributed by atoms with Gasteiger partial charge in [0.2, 0.25) is 5.91 Å². The Labute approximate surface area is 176 Å². The summed E-state index contributed by atoms with van der Waals surface area (Å²) < 4.78 is 0. The fourth-order valence-electron chi connectivity index (χ4n) is 4.43. The summed E-state index contributed by atoms with van der Waals surface area (Å²) in [5.74, 6) is 0.431. The number of fused-ring (bicyclic) bond motifs is 1. The molecule has 0 saturated heterocycles. The number of para-hydroxylation sites is 2. The van der Waals surface area contributed by atoms with E-state index in [9.17, 15) is 9.59 Å². The van der Waals surface area contributed by atoms with Crippen LogP contribution in [-0.4, -0.2) is 11.7 Å². The molecule has 29 heavy (non-hydrogen) atoms. The van der Waals surface area contributed by atoms with Gasteiger partial charge in [0.05, 0.1) is 11.4 Å². The third kappa shape index (κ3) is 3.76. The molecule has 4 nitrogen and oxygen atoms in total. The molecule has 1 aliphatic heterocycles. The number of carbonyl (C=O) groups is 2. The largest absolute Gasteiger partial charge is 0.357 e. The van der Waals surface area contributed by atoms with Crippen molar-refractivity contribution in [3.8, 4) is 0 Å². The van der Waals surface area contributed by atoms with Crippen LogP contribution in [0.3, 0.4) is 0 Å². The monoisotopic (exact) mass is 408 g/mol. The van der Waals surface area contributed by atoms with Crippen LogP contribution in [0.5, 0.6) is 0 Å². The summed E-state index contributed by atoms with van der Waals surface area (Å²) in [4.78, 5) is 29.8. The molecule has 152 valence electrons. The molecule has 1 aliphatic carbocycles. The topological polar surface area (TPSA) is 49.4 Å². The first kappa shape index (κ1) is 19.9. The van der Waals surface area contributed by atoms with Crippen molar-refractivity contribution in [3.05, 3.63) is 57.9 Å². The number of allylic oxidation sites excluding steroid dienone is 1. The molecule has 2 aromatic rings. The average Bonchev–Trinajstić information content (AvgIpc) is 3.09. The zero-order chi connectivity index (χ0) is 20.8. The summed E-state index contributed by atoms with van der Waals surface area (Å²) in [6.45, 7) is 8.38. The highest BCUT2D eigenvalue weighted by Crippen LogP contribution is 2.49. The minimum Gasteiger partial charge on any atom is -0.357 e. The van der Waals surface area contributed by atoms with Gasteiger partial charge in [-0.15, -0.1) is 11.3 Å². The van der Waals surface area contributed by atoms with Crippen LogP contribution in [0.25, 0.3) is 0 Å². The fourth-order valence-corrected chi connectivity index (χ4v) is 5.25. The number of Topliss-reactive ketones (excluding diaryl/α,β-unsaturated/α-hetero) is 1. The Morgan fingerprint density at radius 3 is 2.66 bits per heavy atom. The molecule has 2 aliphatic rings. The van der Waals surface area contributed by atoms with Gasteiger partial charge < -0.3 is 5.32 Å². The second kappa shape index (κ2) is 7.45. The van der Waals surface area contributed by atoms with Crippen LogP contribution in [0.1, 0.15) is 57.9 Å². The van der Waals surface area contributed by atoms with E-state index in [1.165, 1.54) is 0 Å². The number of nitrogens with one attached hydrogen (secondary N) is 1. The van der Waals surface area contributed by atoms with Crippen molar-refractivity contribution >= 4 is 34.4 Å². The predicted molar refractivity (Wildman–Crippen MR) is 119 cm³/mol. The lowest BCUT2D eigenvalue weighted by Gasteiger charge is -2.36. The normalized spacial score (nSPS) is 20.8. The first-order valence-corrected chi connectivity index (χ1v) is 11.1. The molecule has 1 amide bonds. The maximum Gasteiger partial charge on any atom is 0.228 e. The fraction of sp³-hybridized carbons (Fsp3) is 0.417. The number of hydrogen-bond acceptors (Lipinski definition) is 4. The second-order valence-corrected chi connectivity index (χ2v) is 10.2. The average molecular weight is 409 g/mol. The van der Waals surface area contributed by atoms with Crippen molar-refractivity contribution in [1.82, 2.24) is 0 Å². The van der Waals surface area contributed by atoms with Gasteiger partial charge in [-0.05, 0) is 41.3 Å². The van der Waals surface area contributed by atoms with E-state index < -0.39 is 0 Å². The SMILES string of the molecule is CC(C)CC(=O)N1c2ccccc2NC2=C(C(=O)CC(C)(C)C2)[C@H]1c1cccs1. The van der Waals surface area contributed by atoms with Crippen LogP contribution in [0.2, 0.25) is 0 Å². The van der Waals surface area contributed by atoms with Crippen molar-refractivity contribution in [3.63, 3.8) is 0 Å². The van der Waals surface area contributed by atoms with Crippen LogP contribution in [0, 0.1) is 11.3 Å². The van der Waals surface area contributed by atoms with Gasteiger partial charge in [-0.3, -0.25) is 14.5 Å². The molecule has 1 N–H and O–H groups in total. The second-order valence-electron chi connectivity index (χ2n) is 9.25.